The second-order valence-corrected chi connectivity index (χ2v) is 8.54. The Morgan fingerprint density at radius 1 is 1.00 bits per heavy atom. The van der Waals surface area contributed by atoms with Crippen LogP contribution in [0.4, 0.5) is 0 Å². The molecule has 6 heteroatoms. The average molecular weight is 436 g/mol. The van der Waals surface area contributed by atoms with E-state index in [1.165, 1.54) is 19.3 Å². The van der Waals surface area contributed by atoms with Crippen LogP contribution in [0.3, 0.4) is 0 Å². The first-order valence-corrected chi connectivity index (χ1v) is 11.5. The lowest BCUT2D eigenvalue weighted by molar-refractivity contribution is 0.0697. The van der Waals surface area contributed by atoms with E-state index in [-0.39, 0.29) is 17.3 Å². The minimum atomic E-state index is -0.944. The number of aryl methyl sites for hydroxylation is 1. The molecule has 3 aromatic rings. The monoisotopic (exact) mass is 435 g/mol. The summed E-state index contributed by atoms with van der Waals surface area (Å²) in [5.74, 6) is -0.110. The molecule has 1 heterocycles. The van der Waals surface area contributed by atoms with Gasteiger partial charge < -0.3 is 5.11 Å². The fourth-order valence-corrected chi connectivity index (χ4v) is 3.92. The Labute approximate surface area is 189 Å². The number of nitrogens with zero attached hydrogens (tertiary/aromatic N) is 3. The van der Waals surface area contributed by atoms with Crippen LogP contribution >= 0.6 is 0 Å². The lowest BCUT2D eigenvalue weighted by atomic mass is 9.99. The third-order valence-electron chi connectivity index (χ3n) is 5.72. The van der Waals surface area contributed by atoms with Crippen LogP contribution in [0.2, 0.25) is 0 Å². The van der Waals surface area contributed by atoms with Crippen molar-refractivity contribution in [2.45, 2.75) is 71.9 Å². The van der Waals surface area contributed by atoms with E-state index in [1.807, 2.05) is 50.2 Å². The van der Waals surface area contributed by atoms with Crippen molar-refractivity contribution >= 4 is 5.97 Å². The van der Waals surface area contributed by atoms with Crippen LogP contribution in [0.5, 0.6) is 0 Å². The summed E-state index contributed by atoms with van der Waals surface area (Å²) in [6.45, 7) is 6.60. The Kier molecular flexibility index (Phi) is 8.03. The number of rotatable bonds is 11. The number of hydrogen-bond acceptors (Lipinski definition) is 3. The van der Waals surface area contributed by atoms with Gasteiger partial charge in [0.2, 0.25) is 0 Å². The number of carboxylic acids is 1. The molecule has 0 radical (unpaired) electrons. The number of carbonyl (C=O) groups is 1. The summed E-state index contributed by atoms with van der Waals surface area (Å²) in [5, 5.41) is 14.1. The van der Waals surface area contributed by atoms with Crippen molar-refractivity contribution < 1.29 is 9.90 Å². The first-order chi connectivity index (χ1) is 15.4. The highest BCUT2D eigenvalue weighted by Crippen LogP contribution is 2.24. The van der Waals surface area contributed by atoms with Crippen molar-refractivity contribution in [3.63, 3.8) is 0 Å². The molecular weight excluding hydrogens is 402 g/mol. The minimum absolute atomic E-state index is 0.0116. The van der Waals surface area contributed by atoms with Crippen LogP contribution in [-0.2, 0) is 13.0 Å². The molecule has 1 aromatic heterocycles. The highest BCUT2D eigenvalue weighted by Gasteiger charge is 2.16. The Morgan fingerprint density at radius 2 is 1.69 bits per heavy atom. The quantitative estimate of drug-likeness (QED) is 0.401. The Hall–Kier alpha value is -3.15. The first-order valence-electron chi connectivity index (χ1n) is 11.5. The molecule has 6 nitrogen and oxygen atoms in total. The zero-order valence-corrected chi connectivity index (χ0v) is 19.3. The summed E-state index contributed by atoms with van der Waals surface area (Å²) in [6, 6.07) is 14.7. The van der Waals surface area contributed by atoms with Gasteiger partial charge in [-0.25, -0.2) is 14.3 Å². The predicted molar refractivity (Wildman–Crippen MR) is 127 cm³/mol. The Bertz CT molecular complexity index is 1090. The van der Waals surface area contributed by atoms with Gasteiger partial charge in [0.25, 0.3) is 0 Å². The topological polar surface area (TPSA) is 77.1 Å². The SMILES string of the molecule is CCCCCCCc1nn(C(C)C)c(=O)n1Cc1ccc(-c2ccccc2C(=O)O)cc1. The van der Waals surface area contributed by atoms with Crippen molar-refractivity contribution in [2.24, 2.45) is 0 Å². The molecule has 0 aliphatic rings. The summed E-state index contributed by atoms with van der Waals surface area (Å²) >= 11 is 0. The van der Waals surface area contributed by atoms with Crippen molar-refractivity contribution in [1.29, 1.82) is 0 Å². The van der Waals surface area contributed by atoms with Crippen molar-refractivity contribution in [3.05, 3.63) is 76.0 Å². The van der Waals surface area contributed by atoms with Crippen molar-refractivity contribution in [1.82, 2.24) is 14.3 Å². The maximum atomic E-state index is 13.0. The maximum Gasteiger partial charge on any atom is 0.346 e. The van der Waals surface area contributed by atoms with E-state index < -0.39 is 5.97 Å². The van der Waals surface area contributed by atoms with Gasteiger partial charge in [-0.1, -0.05) is 75.1 Å². The van der Waals surface area contributed by atoms with E-state index in [0.717, 1.165) is 36.2 Å². The molecule has 0 aliphatic carbocycles. The van der Waals surface area contributed by atoms with Crippen LogP contribution in [0, 0.1) is 0 Å². The molecule has 3 rings (SSSR count). The van der Waals surface area contributed by atoms with Gasteiger partial charge in [0.1, 0.15) is 5.82 Å². The summed E-state index contributed by atoms with van der Waals surface area (Å²) in [6.07, 6.45) is 6.63. The Balaban J connectivity index is 1.82. The van der Waals surface area contributed by atoms with Gasteiger partial charge in [0.05, 0.1) is 18.2 Å². The molecule has 0 atom stereocenters. The van der Waals surface area contributed by atoms with Crippen LogP contribution < -0.4 is 5.69 Å². The van der Waals surface area contributed by atoms with E-state index in [0.29, 0.717) is 12.1 Å². The summed E-state index contributed by atoms with van der Waals surface area (Å²) in [7, 11) is 0. The largest absolute Gasteiger partial charge is 0.478 e. The number of aromatic carboxylic acids is 1. The molecule has 0 aliphatic heterocycles. The summed E-state index contributed by atoms with van der Waals surface area (Å²) in [4.78, 5) is 24.5. The molecule has 0 fully saturated rings. The highest BCUT2D eigenvalue weighted by atomic mass is 16.4. The van der Waals surface area contributed by atoms with Crippen LogP contribution in [0.15, 0.2) is 53.3 Å². The Morgan fingerprint density at radius 3 is 2.34 bits per heavy atom. The molecule has 0 amide bonds. The smallest absolute Gasteiger partial charge is 0.346 e. The summed E-state index contributed by atoms with van der Waals surface area (Å²) in [5.41, 5.74) is 2.71. The van der Waals surface area contributed by atoms with Crippen LogP contribution in [-0.4, -0.2) is 25.4 Å². The van der Waals surface area contributed by atoms with Crippen LogP contribution in [0.1, 0.15) is 80.7 Å². The lowest BCUT2D eigenvalue weighted by Gasteiger charge is -2.09. The van der Waals surface area contributed by atoms with Crippen LogP contribution in [0.25, 0.3) is 11.1 Å². The maximum absolute atomic E-state index is 13.0. The molecule has 0 spiro atoms. The molecular formula is C26H33N3O3. The zero-order valence-electron chi connectivity index (χ0n) is 19.3. The second kappa shape index (κ2) is 10.9. The van der Waals surface area contributed by atoms with Gasteiger partial charge in [-0.05, 0) is 43.0 Å². The fourth-order valence-electron chi connectivity index (χ4n) is 3.92. The number of unbranched alkanes of at least 4 members (excludes halogenated alkanes) is 4. The third-order valence-corrected chi connectivity index (χ3v) is 5.72. The third kappa shape index (κ3) is 5.55. The number of benzene rings is 2. The van der Waals surface area contributed by atoms with E-state index >= 15 is 0 Å². The molecule has 170 valence electrons. The molecule has 1 N–H and O–H groups in total. The van der Waals surface area contributed by atoms with Gasteiger partial charge >= 0.3 is 11.7 Å². The van der Waals surface area contributed by atoms with E-state index in [4.69, 9.17) is 0 Å². The lowest BCUT2D eigenvalue weighted by Crippen LogP contribution is -2.27. The molecule has 0 unspecified atom stereocenters. The molecule has 0 saturated heterocycles. The number of carboxylic acid groups (broad SMARTS) is 1. The standard InChI is InChI=1S/C26H33N3O3/c1-4-5-6-7-8-13-24-27-29(19(2)3)26(32)28(24)18-20-14-16-21(17-15-20)22-11-9-10-12-23(22)25(30)31/h9-12,14-17,19H,4-8,13,18H2,1-3H3,(H,30,31). The molecule has 0 bridgehead atoms. The molecule has 2 aromatic carbocycles. The van der Waals surface area contributed by atoms with Gasteiger partial charge in [0, 0.05) is 6.42 Å². The number of hydrogen-bond donors (Lipinski definition) is 1. The van der Waals surface area contributed by atoms with Gasteiger partial charge in [-0.3, -0.25) is 4.57 Å². The normalized spacial score (nSPS) is 11.2. The number of aromatic nitrogens is 3. The van der Waals surface area contributed by atoms with E-state index in [1.54, 1.807) is 21.4 Å². The van der Waals surface area contributed by atoms with Gasteiger partial charge in [-0.15, -0.1) is 0 Å². The van der Waals surface area contributed by atoms with Gasteiger partial charge in [0.15, 0.2) is 0 Å². The first kappa shape index (κ1) is 23.5. The summed E-state index contributed by atoms with van der Waals surface area (Å²) < 4.78 is 3.35. The average Bonchev–Trinajstić information content (AvgIpc) is 3.09. The van der Waals surface area contributed by atoms with Crippen molar-refractivity contribution in [3.8, 4) is 11.1 Å². The van der Waals surface area contributed by atoms with E-state index in [9.17, 15) is 14.7 Å². The van der Waals surface area contributed by atoms with E-state index in [2.05, 4.69) is 12.0 Å². The predicted octanol–water partition coefficient (Wildman–Crippen LogP) is 5.55. The second-order valence-electron chi connectivity index (χ2n) is 8.54. The minimum Gasteiger partial charge on any atom is -0.478 e. The highest BCUT2D eigenvalue weighted by molar-refractivity contribution is 5.95. The zero-order chi connectivity index (χ0) is 23.1. The fraction of sp³-hybridized carbons (Fsp3) is 0.423. The van der Waals surface area contributed by atoms with Gasteiger partial charge in [-0.2, -0.15) is 5.10 Å². The van der Waals surface area contributed by atoms with Crippen molar-refractivity contribution in [2.75, 3.05) is 0 Å². The molecule has 0 saturated carbocycles. The molecule has 32 heavy (non-hydrogen) atoms.